The van der Waals surface area contributed by atoms with Crippen molar-refractivity contribution in [1.29, 1.82) is 0 Å². The van der Waals surface area contributed by atoms with Gasteiger partial charge >= 0.3 is 17.9 Å². The fourth-order valence-electron chi connectivity index (χ4n) is 5.14. The van der Waals surface area contributed by atoms with E-state index in [0.29, 0.717) is 43.4 Å². The summed E-state index contributed by atoms with van der Waals surface area (Å²) in [6.07, 6.45) is 23.5. The Morgan fingerprint density at radius 3 is 1.20 bits per heavy atom. The number of carboxylic acids is 3. The Kier molecular flexibility index (Phi) is 22.7. The van der Waals surface area contributed by atoms with Gasteiger partial charge in [-0.15, -0.1) is 0 Å². The van der Waals surface area contributed by atoms with Crippen molar-refractivity contribution < 1.29 is 34.2 Å². The zero-order valence-corrected chi connectivity index (χ0v) is 26.2. The minimum Gasteiger partial charge on any atom is -0.481 e. The molecule has 3 atom stereocenters. The second-order valence-corrected chi connectivity index (χ2v) is 12.3. The van der Waals surface area contributed by atoms with Crippen molar-refractivity contribution in [2.24, 2.45) is 17.8 Å². The highest BCUT2D eigenvalue weighted by Crippen LogP contribution is 2.22. The van der Waals surface area contributed by atoms with Crippen molar-refractivity contribution in [2.45, 2.75) is 137 Å². The van der Waals surface area contributed by atoms with E-state index < -0.39 is 35.7 Å². The number of quaternary nitrogens is 1. The van der Waals surface area contributed by atoms with E-state index in [0.717, 1.165) is 38.6 Å². The van der Waals surface area contributed by atoms with E-state index in [9.17, 15) is 29.7 Å². The van der Waals surface area contributed by atoms with Gasteiger partial charge in [0.1, 0.15) is 0 Å². The maximum Gasteiger partial charge on any atom is 0.306 e. The Balaban J connectivity index is 4.69. The van der Waals surface area contributed by atoms with Crippen molar-refractivity contribution in [3.63, 3.8) is 0 Å². The van der Waals surface area contributed by atoms with Gasteiger partial charge in [0.25, 0.3) is 0 Å². The molecule has 3 N–H and O–H groups in total. The molecule has 40 heavy (non-hydrogen) atoms. The summed E-state index contributed by atoms with van der Waals surface area (Å²) in [5, 5.41) is 28.3. The Bertz CT molecular complexity index is 647. The normalized spacial score (nSPS) is 15.5. The minimum absolute atomic E-state index is 0.483. The molecule has 234 valence electrons. The van der Waals surface area contributed by atoms with E-state index in [1.807, 2.05) is 0 Å². The molecule has 0 aromatic carbocycles. The molecule has 0 aliphatic heterocycles. The number of hydrogen-bond donors (Lipinski definition) is 3. The molecule has 0 rings (SSSR count). The minimum atomic E-state index is -0.827. The third kappa shape index (κ3) is 20.1. The van der Waals surface area contributed by atoms with Crippen LogP contribution in [0.5, 0.6) is 0 Å². The van der Waals surface area contributed by atoms with E-state index in [1.165, 1.54) is 57.8 Å². The first kappa shape index (κ1) is 38.1. The number of nitrogens with zero attached hydrogens (tertiary/aromatic N) is 1. The summed E-state index contributed by atoms with van der Waals surface area (Å²) < 4.78 is 0.603. The van der Waals surface area contributed by atoms with Gasteiger partial charge in [-0.2, -0.15) is 0 Å². The molecular formula is C33H62NO6+. The number of allylic oxidation sites excluding steroid dienone is 2. The highest BCUT2D eigenvalue weighted by molar-refractivity contribution is 5.70. The molecule has 0 fully saturated rings. The number of carbonyl (C=O) groups is 3. The van der Waals surface area contributed by atoms with Crippen LogP contribution < -0.4 is 0 Å². The predicted molar refractivity (Wildman–Crippen MR) is 163 cm³/mol. The van der Waals surface area contributed by atoms with Gasteiger partial charge in [-0.1, -0.05) is 91.2 Å². The number of unbranched alkanes of at least 4 members (excludes halogenated alkanes) is 12. The van der Waals surface area contributed by atoms with Gasteiger partial charge < -0.3 is 19.8 Å². The van der Waals surface area contributed by atoms with Gasteiger partial charge in [0, 0.05) is 19.3 Å². The van der Waals surface area contributed by atoms with Crippen LogP contribution in [0.3, 0.4) is 0 Å². The summed E-state index contributed by atoms with van der Waals surface area (Å²) in [7, 11) is 0. The standard InChI is InChI=1S/C33H61NO6/c1-5-6-7-8-9-10-11-12-13-14-15-16-17-18-19-20-24-34(25-21-28(2)31(35)36,26-22-29(3)32(37)38)27-23-30(4)33(39)40/h14-15,28-30H,5-13,16-27H2,1-4H3,(H2-,35,36,37,38,39,40)/p+1/b15-14+. The summed E-state index contributed by atoms with van der Waals surface area (Å²) in [6.45, 7) is 10.1. The Morgan fingerprint density at radius 1 is 0.525 bits per heavy atom. The van der Waals surface area contributed by atoms with Gasteiger partial charge in [-0.25, -0.2) is 0 Å². The molecule has 7 heteroatoms. The fourth-order valence-corrected chi connectivity index (χ4v) is 5.14. The van der Waals surface area contributed by atoms with Crippen LogP contribution in [0.1, 0.15) is 137 Å². The molecule has 0 aliphatic rings. The largest absolute Gasteiger partial charge is 0.481 e. The maximum absolute atomic E-state index is 11.5. The van der Waals surface area contributed by atoms with Gasteiger partial charge in [-0.3, -0.25) is 14.4 Å². The van der Waals surface area contributed by atoms with Crippen molar-refractivity contribution in [3.05, 3.63) is 12.2 Å². The molecule has 0 aromatic heterocycles. The molecule has 0 aromatic rings. The molecule has 0 amide bonds. The fraction of sp³-hybridized carbons (Fsp3) is 0.848. The Hall–Kier alpha value is -1.89. The quantitative estimate of drug-likeness (QED) is 0.0498. The smallest absolute Gasteiger partial charge is 0.306 e. The van der Waals surface area contributed by atoms with E-state index >= 15 is 0 Å². The monoisotopic (exact) mass is 568 g/mol. The lowest BCUT2D eigenvalue weighted by molar-refractivity contribution is -0.929. The zero-order valence-electron chi connectivity index (χ0n) is 26.2. The van der Waals surface area contributed by atoms with Crippen LogP contribution in [0.15, 0.2) is 12.2 Å². The Morgan fingerprint density at radius 2 is 0.850 bits per heavy atom. The van der Waals surface area contributed by atoms with Gasteiger partial charge in [0.15, 0.2) is 0 Å². The van der Waals surface area contributed by atoms with E-state index in [-0.39, 0.29) is 0 Å². The molecule has 0 saturated heterocycles. The van der Waals surface area contributed by atoms with Gasteiger partial charge in [0.05, 0.1) is 43.9 Å². The first-order chi connectivity index (χ1) is 19.0. The molecule has 0 bridgehead atoms. The highest BCUT2D eigenvalue weighted by atomic mass is 16.4. The van der Waals surface area contributed by atoms with E-state index in [4.69, 9.17) is 0 Å². The van der Waals surface area contributed by atoms with Crippen molar-refractivity contribution in [2.75, 3.05) is 26.2 Å². The number of rotatable bonds is 28. The van der Waals surface area contributed by atoms with Crippen LogP contribution in [-0.2, 0) is 14.4 Å². The highest BCUT2D eigenvalue weighted by Gasteiger charge is 2.31. The molecule has 0 saturated carbocycles. The summed E-state index contributed by atoms with van der Waals surface area (Å²) >= 11 is 0. The van der Waals surface area contributed by atoms with Crippen LogP contribution in [0, 0.1) is 17.8 Å². The maximum atomic E-state index is 11.5. The van der Waals surface area contributed by atoms with Crippen LogP contribution in [0.25, 0.3) is 0 Å². The summed E-state index contributed by atoms with van der Waals surface area (Å²) in [5.74, 6) is -3.93. The number of aliphatic carboxylic acids is 3. The Labute approximate surface area is 245 Å². The van der Waals surface area contributed by atoms with Crippen molar-refractivity contribution in [3.8, 4) is 0 Å². The number of hydrogen-bond acceptors (Lipinski definition) is 3. The lowest BCUT2D eigenvalue weighted by Crippen LogP contribution is -2.52. The lowest BCUT2D eigenvalue weighted by Gasteiger charge is -2.40. The number of carboxylic acid groups (broad SMARTS) is 3. The third-order valence-electron chi connectivity index (χ3n) is 8.52. The van der Waals surface area contributed by atoms with Gasteiger partial charge in [0.2, 0.25) is 0 Å². The molecule has 0 radical (unpaired) electrons. The van der Waals surface area contributed by atoms with Gasteiger partial charge in [-0.05, 0) is 38.5 Å². The average Bonchev–Trinajstić information content (AvgIpc) is 2.92. The van der Waals surface area contributed by atoms with Crippen LogP contribution in [-0.4, -0.2) is 63.9 Å². The lowest BCUT2D eigenvalue weighted by atomic mass is 10.0. The molecule has 0 aliphatic carbocycles. The average molecular weight is 569 g/mol. The van der Waals surface area contributed by atoms with E-state index in [2.05, 4.69) is 19.1 Å². The molecule has 7 nitrogen and oxygen atoms in total. The first-order valence-electron chi connectivity index (χ1n) is 16.2. The summed E-state index contributed by atoms with van der Waals surface area (Å²) in [5.41, 5.74) is 0. The van der Waals surface area contributed by atoms with Crippen molar-refractivity contribution >= 4 is 17.9 Å². The third-order valence-corrected chi connectivity index (χ3v) is 8.52. The SMILES string of the molecule is CCCCCCCCCC/C=C/CCCCCC[N+](CCC(C)C(=O)O)(CCC(C)C(=O)O)CCC(C)C(=O)O. The van der Waals surface area contributed by atoms with Crippen LogP contribution >= 0.6 is 0 Å². The first-order valence-corrected chi connectivity index (χ1v) is 16.2. The molecule has 0 heterocycles. The van der Waals surface area contributed by atoms with Crippen LogP contribution in [0.4, 0.5) is 0 Å². The second kappa shape index (κ2) is 23.8. The topological polar surface area (TPSA) is 112 Å². The summed E-state index contributed by atoms with van der Waals surface area (Å²) in [6, 6.07) is 0. The second-order valence-electron chi connectivity index (χ2n) is 12.3. The molecular weight excluding hydrogens is 506 g/mol. The zero-order chi connectivity index (χ0) is 30.2. The summed E-state index contributed by atoms with van der Waals surface area (Å²) in [4.78, 5) is 34.4. The molecule has 0 spiro atoms. The van der Waals surface area contributed by atoms with Crippen molar-refractivity contribution in [1.82, 2.24) is 0 Å². The predicted octanol–water partition coefficient (Wildman–Crippen LogP) is 8.17. The van der Waals surface area contributed by atoms with E-state index in [1.54, 1.807) is 20.8 Å². The molecule has 3 unspecified atom stereocenters. The van der Waals surface area contributed by atoms with Crippen LogP contribution in [0.2, 0.25) is 0 Å².